The number of hydrogen-bond acceptors (Lipinski definition) is 5. The van der Waals surface area contributed by atoms with Crippen molar-refractivity contribution in [2.75, 3.05) is 45.2 Å². The van der Waals surface area contributed by atoms with Crippen LogP contribution in [0.4, 0.5) is 5.69 Å². The zero-order chi connectivity index (χ0) is 18.5. The van der Waals surface area contributed by atoms with Crippen molar-refractivity contribution in [1.82, 2.24) is 10.2 Å². The van der Waals surface area contributed by atoms with Gasteiger partial charge in [0.1, 0.15) is 11.8 Å². The Hall–Kier alpha value is -2.61. The third-order valence-corrected chi connectivity index (χ3v) is 4.56. The van der Waals surface area contributed by atoms with E-state index in [0.717, 1.165) is 31.9 Å². The number of piperazine rings is 1. The Balaban J connectivity index is 1.65. The summed E-state index contributed by atoms with van der Waals surface area (Å²) in [4.78, 5) is 32.6. The first-order valence-corrected chi connectivity index (χ1v) is 9.02. The van der Waals surface area contributed by atoms with Crippen molar-refractivity contribution < 1.29 is 19.2 Å². The molecule has 1 atom stereocenters. The van der Waals surface area contributed by atoms with Gasteiger partial charge in [-0.25, -0.2) is 4.99 Å². The van der Waals surface area contributed by atoms with Gasteiger partial charge in [0.05, 0.1) is 46.3 Å². The van der Waals surface area contributed by atoms with Crippen LogP contribution in [0, 0.1) is 0 Å². The first kappa shape index (κ1) is 18.2. The van der Waals surface area contributed by atoms with Gasteiger partial charge in [0.15, 0.2) is 0 Å². The van der Waals surface area contributed by atoms with Gasteiger partial charge in [-0.2, -0.15) is 0 Å². The Morgan fingerprint density at radius 1 is 1.35 bits per heavy atom. The van der Waals surface area contributed by atoms with E-state index in [1.165, 1.54) is 4.90 Å². The maximum Gasteiger partial charge on any atom is 0.249 e. The van der Waals surface area contributed by atoms with Gasteiger partial charge >= 0.3 is 0 Å². The van der Waals surface area contributed by atoms with Crippen molar-refractivity contribution in [1.29, 1.82) is 0 Å². The summed E-state index contributed by atoms with van der Waals surface area (Å²) in [5.41, 5.74) is 0.657. The number of likely N-dealkylation sites (N-methyl/N-ethyl adjacent to an activating group) is 1. The Morgan fingerprint density at radius 2 is 2.04 bits per heavy atom. The predicted molar refractivity (Wildman–Crippen MR) is 98.4 cm³/mol. The van der Waals surface area contributed by atoms with Crippen molar-refractivity contribution in [2.24, 2.45) is 4.99 Å². The molecule has 2 aliphatic heterocycles. The maximum absolute atomic E-state index is 12.6. The summed E-state index contributed by atoms with van der Waals surface area (Å²) in [6.45, 7) is 6.11. The predicted octanol–water partition coefficient (Wildman–Crippen LogP) is -0.901. The molecule has 3 N–H and O–H groups in total. The van der Waals surface area contributed by atoms with Crippen molar-refractivity contribution in [3.8, 4) is 5.75 Å². The molecule has 1 fully saturated rings. The largest absolute Gasteiger partial charge is 0.494 e. The van der Waals surface area contributed by atoms with Crippen molar-refractivity contribution >= 4 is 23.5 Å². The lowest BCUT2D eigenvalue weighted by atomic mass is 10.1. The molecule has 0 aliphatic carbocycles. The fourth-order valence-corrected chi connectivity index (χ4v) is 3.02. The number of aliphatic imine (C=N–C) groups is 1. The van der Waals surface area contributed by atoms with E-state index in [4.69, 9.17) is 4.74 Å². The highest BCUT2D eigenvalue weighted by Crippen LogP contribution is 2.17. The third-order valence-electron chi connectivity index (χ3n) is 4.56. The lowest BCUT2D eigenvalue weighted by Gasteiger charge is -2.34. The molecule has 0 unspecified atom stereocenters. The molecule has 1 aromatic rings. The minimum atomic E-state index is -0.711. The van der Waals surface area contributed by atoms with E-state index in [1.807, 2.05) is 11.8 Å². The number of quaternary nitrogens is 1. The van der Waals surface area contributed by atoms with Crippen LogP contribution in [0.1, 0.15) is 13.3 Å². The highest BCUT2D eigenvalue weighted by atomic mass is 16.5. The Labute approximate surface area is 153 Å². The minimum Gasteiger partial charge on any atom is -0.494 e. The number of rotatable bonds is 4. The fraction of sp³-hybridized carbons (Fsp3) is 0.500. The van der Waals surface area contributed by atoms with Crippen LogP contribution in [0.2, 0.25) is 0 Å². The summed E-state index contributed by atoms with van der Waals surface area (Å²) in [6, 6.07) is 6.44. The van der Waals surface area contributed by atoms with Gasteiger partial charge in [0, 0.05) is 5.69 Å². The van der Waals surface area contributed by atoms with Gasteiger partial charge in [-0.3, -0.25) is 14.9 Å². The van der Waals surface area contributed by atoms with E-state index in [2.05, 4.69) is 22.7 Å². The van der Waals surface area contributed by atoms with Crippen LogP contribution in [0.15, 0.2) is 29.3 Å². The average molecular weight is 360 g/mol. The number of hydrogen-bond donors (Lipinski definition) is 3. The van der Waals surface area contributed by atoms with Crippen LogP contribution >= 0.6 is 0 Å². The molecule has 2 amide bonds. The lowest BCUT2D eigenvalue weighted by molar-refractivity contribution is -0.883. The van der Waals surface area contributed by atoms with E-state index in [0.29, 0.717) is 18.3 Å². The monoisotopic (exact) mass is 360 g/mol. The number of amides is 2. The van der Waals surface area contributed by atoms with Crippen LogP contribution in [0.5, 0.6) is 5.75 Å². The number of nitrogens with zero attached hydrogens (tertiary/aromatic N) is 2. The van der Waals surface area contributed by atoms with Crippen LogP contribution in [0.25, 0.3) is 0 Å². The SMILES string of the molecule is CCOc1ccc(NC(=O)[C@@H]2CC(=O)NC(N3CC[NH+](C)CC3)=N2)cc1. The number of anilines is 1. The molecule has 3 rings (SSSR count). The third kappa shape index (κ3) is 4.51. The first-order valence-electron chi connectivity index (χ1n) is 9.02. The van der Waals surface area contributed by atoms with Gasteiger partial charge in [-0.1, -0.05) is 0 Å². The van der Waals surface area contributed by atoms with E-state index < -0.39 is 6.04 Å². The normalized spacial score (nSPS) is 21.0. The van der Waals surface area contributed by atoms with Crippen LogP contribution in [-0.4, -0.2) is 68.5 Å². The summed E-state index contributed by atoms with van der Waals surface area (Å²) in [5, 5.41) is 5.63. The molecule has 140 valence electrons. The van der Waals surface area contributed by atoms with Crippen LogP contribution in [-0.2, 0) is 9.59 Å². The van der Waals surface area contributed by atoms with E-state index >= 15 is 0 Å². The molecular weight excluding hydrogens is 334 g/mol. The zero-order valence-corrected chi connectivity index (χ0v) is 15.2. The van der Waals surface area contributed by atoms with Gasteiger partial charge in [0.25, 0.3) is 0 Å². The fourth-order valence-electron chi connectivity index (χ4n) is 3.02. The second kappa shape index (κ2) is 8.18. The highest BCUT2D eigenvalue weighted by molar-refractivity contribution is 6.05. The molecule has 1 saturated heterocycles. The molecule has 0 radical (unpaired) electrons. The maximum atomic E-state index is 12.6. The van der Waals surface area contributed by atoms with Crippen LogP contribution < -0.4 is 20.3 Å². The quantitative estimate of drug-likeness (QED) is 0.649. The zero-order valence-electron chi connectivity index (χ0n) is 15.2. The number of benzene rings is 1. The van der Waals surface area contributed by atoms with Crippen molar-refractivity contribution in [3.63, 3.8) is 0 Å². The molecule has 2 heterocycles. The highest BCUT2D eigenvalue weighted by Gasteiger charge is 2.30. The molecule has 8 nitrogen and oxygen atoms in total. The number of guanidine groups is 1. The molecule has 26 heavy (non-hydrogen) atoms. The minimum absolute atomic E-state index is 0.0609. The van der Waals surface area contributed by atoms with Crippen molar-refractivity contribution in [3.05, 3.63) is 24.3 Å². The van der Waals surface area contributed by atoms with E-state index in [1.54, 1.807) is 24.3 Å². The number of ether oxygens (including phenoxy) is 1. The molecule has 8 heteroatoms. The summed E-state index contributed by atoms with van der Waals surface area (Å²) in [7, 11) is 2.14. The van der Waals surface area contributed by atoms with Gasteiger partial charge in [0.2, 0.25) is 17.8 Å². The van der Waals surface area contributed by atoms with Gasteiger partial charge < -0.3 is 19.9 Å². The standard InChI is InChI=1S/C18H25N5O3/c1-3-26-14-6-4-13(5-7-14)19-17(25)15-12-16(24)21-18(20-15)23-10-8-22(2)9-11-23/h4-7,15H,3,8-12H2,1-2H3,(H,19,25)(H,20,21,24)/p+1/t15-/m0/s1. The summed E-state index contributed by atoms with van der Waals surface area (Å²) in [6.07, 6.45) is 0.0609. The molecule has 0 aromatic heterocycles. The van der Waals surface area contributed by atoms with Gasteiger partial charge in [-0.15, -0.1) is 0 Å². The molecule has 2 aliphatic rings. The van der Waals surface area contributed by atoms with Crippen LogP contribution in [0.3, 0.4) is 0 Å². The molecule has 0 spiro atoms. The number of nitrogens with one attached hydrogen (secondary N) is 3. The summed E-state index contributed by atoms with van der Waals surface area (Å²) < 4.78 is 5.39. The van der Waals surface area contributed by atoms with E-state index in [-0.39, 0.29) is 18.2 Å². The van der Waals surface area contributed by atoms with E-state index in [9.17, 15) is 9.59 Å². The van der Waals surface area contributed by atoms with Gasteiger partial charge in [-0.05, 0) is 31.2 Å². The second-order valence-electron chi connectivity index (χ2n) is 6.61. The lowest BCUT2D eigenvalue weighted by Crippen LogP contribution is -3.12. The molecule has 0 saturated carbocycles. The molecular formula is C18H26N5O3+. The number of carbonyl (C=O) groups excluding carboxylic acids is 2. The summed E-state index contributed by atoms with van der Waals surface area (Å²) in [5.74, 6) is 0.815. The average Bonchev–Trinajstić information content (AvgIpc) is 2.63. The second-order valence-corrected chi connectivity index (χ2v) is 6.61. The Morgan fingerprint density at radius 3 is 2.69 bits per heavy atom. The molecule has 1 aromatic carbocycles. The number of carbonyl (C=O) groups is 2. The Bertz CT molecular complexity index is 681. The Kier molecular flexibility index (Phi) is 5.72. The summed E-state index contributed by atoms with van der Waals surface area (Å²) >= 11 is 0. The first-order chi connectivity index (χ1) is 12.5. The molecule has 0 bridgehead atoms. The van der Waals surface area contributed by atoms with Crippen molar-refractivity contribution in [2.45, 2.75) is 19.4 Å². The smallest absolute Gasteiger partial charge is 0.249 e. The topological polar surface area (TPSA) is 87.5 Å².